The molecule has 0 unspecified atom stereocenters. The number of nitrogens with zero attached hydrogens (tertiary/aromatic N) is 2. The third-order valence-corrected chi connectivity index (χ3v) is 4.40. The molecule has 2 rings (SSSR count). The maximum atomic E-state index is 12.3. The number of hydrogen-bond donors (Lipinski definition) is 1. The van der Waals surface area contributed by atoms with Gasteiger partial charge in [0.15, 0.2) is 5.03 Å². The van der Waals surface area contributed by atoms with Gasteiger partial charge in [-0.1, -0.05) is 19.9 Å². The maximum Gasteiger partial charge on any atom is 0.260 e. The summed E-state index contributed by atoms with van der Waals surface area (Å²) in [5.74, 6) is 0.768. The van der Waals surface area contributed by atoms with Crippen molar-refractivity contribution in [1.29, 1.82) is 0 Å². The first-order valence-corrected chi connectivity index (χ1v) is 7.96. The van der Waals surface area contributed by atoms with E-state index in [2.05, 4.69) is 9.71 Å². The highest BCUT2D eigenvalue weighted by Crippen LogP contribution is 2.20. The number of hydrogen-bond acceptors (Lipinski definition) is 3. The Bertz CT molecular complexity index is 689. The van der Waals surface area contributed by atoms with Crippen molar-refractivity contribution >= 4 is 15.5 Å². The molecule has 0 fully saturated rings. The Morgan fingerprint density at radius 2 is 2.05 bits per heavy atom. The van der Waals surface area contributed by atoms with Crippen molar-refractivity contribution in [2.45, 2.75) is 38.6 Å². The van der Waals surface area contributed by atoms with E-state index in [0.717, 1.165) is 17.9 Å². The molecule has 104 valence electrons. The molecule has 0 aliphatic carbocycles. The van der Waals surface area contributed by atoms with Gasteiger partial charge in [0.05, 0.1) is 5.52 Å². The Kier molecular flexibility index (Phi) is 3.91. The number of sulfonamides is 1. The molecule has 0 aliphatic rings. The SMILES string of the molecule is CCCNS(=O)(=O)c1nc(CC)n2c(C)cccc12. The molecule has 19 heavy (non-hydrogen) atoms. The van der Waals surface area contributed by atoms with Crippen molar-refractivity contribution < 1.29 is 8.42 Å². The van der Waals surface area contributed by atoms with Gasteiger partial charge in [-0.25, -0.2) is 18.1 Å². The zero-order chi connectivity index (χ0) is 14.0. The van der Waals surface area contributed by atoms with Crippen molar-refractivity contribution in [3.8, 4) is 0 Å². The highest BCUT2D eigenvalue weighted by atomic mass is 32.2. The van der Waals surface area contributed by atoms with E-state index in [0.29, 0.717) is 18.5 Å². The van der Waals surface area contributed by atoms with Gasteiger partial charge in [0.25, 0.3) is 10.0 Å². The predicted molar refractivity (Wildman–Crippen MR) is 74.8 cm³/mol. The Morgan fingerprint density at radius 1 is 1.32 bits per heavy atom. The smallest absolute Gasteiger partial charge is 0.260 e. The average Bonchev–Trinajstić information content (AvgIpc) is 2.77. The summed E-state index contributed by atoms with van der Waals surface area (Å²) in [6.07, 6.45) is 1.44. The van der Waals surface area contributed by atoms with E-state index >= 15 is 0 Å². The largest absolute Gasteiger partial charge is 0.300 e. The highest BCUT2D eigenvalue weighted by molar-refractivity contribution is 7.89. The summed E-state index contributed by atoms with van der Waals surface area (Å²) in [7, 11) is -3.54. The first kappa shape index (κ1) is 14.0. The van der Waals surface area contributed by atoms with Crippen LogP contribution >= 0.6 is 0 Å². The molecule has 0 saturated carbocycles. The zero-order valence-electron chi connectivity index (χ0n) is 11.5. The van der Waals surface area contributed by atoms with Gasteiger partial charge in [0.2, 0.25) is 0 Å². The molecule has 0 spiro atoms. The van der Waals surface area contributed by atoms with Crippen LogP contribution in [-0.2, 0) is 16.4 Å². The third-order valence-electron chi connectivity index (χ3n) is 3.01. The molecule has 0 bridgehead atoms. The van der Waals surface area contributed by atoms with E-state index < -0.39 is 10.0 Å². The molecular weight excluding hydrogens is 262 g/mol. The molecule has 2 aromatic heterocycles. The summed E-state index contributed by atoms with van der Waals surface area (Å²) in [6, 6.07) is 5.59. The van der Waals surface area contributed by atoms with E-state index in [1.807, 2.05) is 37.3 Å². The minimum atomic E-state index is -3.54. The van der Waals surface area contributed by atoms with E-state index in [1.165, 1.54) is 0 Å². The predicted octanol–water partition coefficient (Wildman–Crippen LogP) is 1.89. The molecule has 0 amide bonds. The summed E-state index contributed by atoms with van der Waals surface area (Å²) in [5.41, 5.74) is 1.62. The summed E-state index contributed by atoms with van der Waals surface area (Å²) >= 11 is 0. The van der Waals surface area contributed by atoms with Gasteiger partial charge in [0.1, 0.15) is 5.82 Å². The lowest BCUT2D eigenvalue weighted by Crippen LogP contribution is -2.25. The fraction of sp³-hybridized carbons (Fsp3) is 0.462. The summed E-state index contributed by atoms with van der Waals surface area (Å²) in [5, 5.41) is 0.126. The van der Waals surface area contributed by atoms with Crippen molar-refractivity contribution in [2.75, 3.05) is 6.54 Å². The van der Waals surface area contributed by atoms with Crippen LogP contribution in [-0.4, -0.2) is 24.3 Å². The Morgan fingerprint density at radius 3 is 2.68 bits per heavy atom. The number of fused-ring (bicyclic) bond motifs is 1. The van der Waals surface area contributed by atoms with Crippen molar-refractivity contribution in [2.24, 2.45) is 0 Å². The number of nitrogens with one attached hydrogen (secondary N) is 1. The van der Waals surface area contributed by atoms with Gasteiger partial charge in [-0.05, 0) is 25.5 Å². The lowest BCUT2D eigenvalue weighted by Gasteiger charge is -2.04. The van der Waals surface area contributed by atoms with Crippen LogP contribution in [0.2, 0.25) is 0 Å². The first-order chi connectivity index (χ1) is 9.01. The van der Waals surface area contributed by atoms with Gasteiger partial charge >= 0.3 is 0 Å². The Balaban J connectivity index is 2.65. The summed E-state index contributed by atoms with van der Waals surface area (Å²) in [6.45, 7) is 6.27. The number of rotatable bonds is 5. The molecule has 0 saturated heterocycles. The van der Waals surface area contributed by atoms with Gasteiger partial charge in [0, 0.05) is 18.7 Å². The lowest BCUT2D eigenvalue weighted by molar-refractivity contribution is 0.578. The Hall–Kier alpha value is -1.40. The minimum Gasteiger partial charge on any atom is -0.300 e. The third kappa shape index (κ3) is 2.50. The molecule has 0 atom stereocenters. The molecule has 5 nitrogen and oxygen atoms in total. The molecule has 0 radical (unpaired) electrons. The van der Waals surface area contributed by atoms with Crippen LogP contribution < -0.4 is 4.72 Å². The second-order valence-electron chi connectivity index (χ2n) is 4.47. The van der Waals surface area contributed by atoms with E-state index in [9.17, 15) is 8.42 Å². The molecular formula is C13H19N3O2S. The number of imidazole rings is 1. The second-order valence-corrected chi connectivity index (χ2v) is 6.15. The van der Waals surface area contributed by atoms with E-state index in [4.69, 9.17) is 0 Å². The standard InChI is InChI=1S/C13H19N3O2S/c1-4-9-14-19(17,18)13-11-8-6-7-10(3)16(11)12(5-2)15-13/h6-8,14H,4-5,9H2,1-3H3. The molecule has 0 aliphatic heterocycles. The minimum absolute atomic E-state index is 0.126. The molecule has 6 heteroatoms. The van der Waals surface area contributed by atoms with E-state index in [-0.39, 0.29) is 5.03 Å². The van der Waals surface area contributed by atoms with Crippen molar-refractivity contribution in [3.05, 3.63) is 29.7 Å². The number of aryl methyl sites for hydroxylation is 2. The van der Waals surface area contributed by atoms with Crippen LogP contribution in [0.1, 0.15) is 31.8 Å². The van der Waals surface area contributed by atoms with Crippen LogP contribution in [0.3, 0.4) is 0 Å². The average molecular weight is 281 g/mol. The van der Waals surface area contributed by atoms with E-state index in [1.54, 1.807) is 6.07 Å². The normalized spacial score (nSPS) is 12.2. The number of aromatic nitrogens is 2. The molecule has 0 aromatic carbocycles. The molecule has 2 aromatic rings. The lowest BCUT2D eigenvalue weighted by atomic mass is 10.3. The van der Waals surface area contributed by atoms with Gasteiger partial charge in [-0.15, -0.1) is 0 Å². The van der Waals surface area contributed by atoms with Crippen LogP contribution in [0.15, 0.2) is 23.2 Å². The van der Waals surface area contributed by atoms with Crippen LogP contribution in [0.5, 0.6) is 0 Å². The molecule has 1 N–H and O–H groups in total. The second kappa shape index (κ2) is 5.30. The summed E-state index contributed by atoms with van der Waals surface area (Å²) in [4.78, 5) is 4.31. The first-order valence-electron chi connectivity index (χ1n) is 6.47. The maximum absolute atomic E-state index is 12.3. The topological polar surface area (TPSA) is 63.5 Å². The molecule has 2 heterocycles. The van der Waals surface area contributed by atoms with Crippen molar-refractivity contribution in [1.82, 2.24) is 14.1 Å². The van der Waals surface area contributed by atoms with Crippen LogP contribution in [0.25, 0.3) is 5.52 Å². The van der Waals surface area contributed by atoms with Gasteiger partial charge < -0.3 is 0 Å². The summed E-state index contributed by atoms with van der Waals surface area (Å²) < 4.78 is 29.0. The quantitative estimate of drug-likeness (QED) is 0.910. The number of pyridine rings is 1. The van der Waals surface area contributed by atoms with Gasteiger partial charge in [-0.3, -0.25) is 4.40 Å². The van der Waals surface area contributed by atoms with Gasteiger partial charge in [-0.2, -0.15) is 0 Å². The monoisotopic (exact) mass is 281 g/mol. The highest BCUT2D eigenvalue weighted by Gasteiger charge is 2.22. The Labute approximate surface area is 113 Å². The zero-order valence-corrected chi connectivity index (χ0v) is 12.3. The van der Waals surface area contributed by atoms with Crippen molar-refractivity contribution in [3.63, 3.8) is 0 Å². The van der Waals surface area contributed by atoms with Crippen LogP contribution in [0, 0.1) is 6.92 Å². The fourth-order valence-electron chi connectivity index (χ4n) is 2.09. The fourth-order valence-corrected chi connectivity index (χ4v) is 3.36. The van der Waals surface area contributed by atoms with Crippen LogP contribution in [0.4, 0.5) is 0 Å².